The van der Waals surface area contributed by atoms with Crippen LogP contribution in [0.1, 0.15) is 44.8 Å². The van der Waals surface area contributed by atoms with Gasteiger partial charge in [-0.05, 0) is 49.1 Å². The van der Waals surface area contributed by atoms with Gasteiger partial charge in [-0.2, -0.15) is 9.97 Å². The lowest BCUT2D eigenvalue weighted by Crippen LogP contribution is -2.42. The molecular weight excluding hydrogens is 398 g/mol. The first kappa shape index (κ1) is 19.4. The van der Waals surface area contributed by atoms with Gasteiger partial charge in [-0.15, -0.1) is 0 Å². The molecule has 2 aromatic heterocycles. The van der Waals surface area contributed by atoms with E-state index in [0.29, 0.717) is 34.9 Å². The average Bonchev–Trinajstić information content (AvgIpc) is 3.13. The van der Waals surface area contributed by atoms with Crippen molar-refractivity contribution in [3.63, 3.8) is 0 Å². The summed E-state index contributed by atoms with van der Waals surface area (Å²) in [4.78, 5) is 13.2. The topological polar surface area (TPSA) is 126 Å². The van der Waals surface area contributed by atoms with Gasteiger partial charge in [0.15, 0.2) is 23.2 Å². The summed E-state index contributed by atoms with van der Waals surface area (Å²) < 4.78 is 7.17. The Hall–Kier alpha value is -1.52. The highest BCUT2D eigenvalue weighted by Crippen LogP contribution is 2.42. The van der Waals surface area contributed by atoms with E-state index < -0.39 is 31.1 Å². The maximum absolute atomic E-state index is 10.4. The van der Waals surface area contributed by atoms with Crippen LogP contribution in [-0.4, -0.2) is 65.8 Å². The van der Waals surface area contributed by atoms with Crippen LogP contribution in [0, 0.1) is 11.8 Å². The molecule has 2 aromatic rings. The Bertz CT molecular complexity index is 873. The SMILES string of the molecule is OC[C@H]1O[C@@H](n2cnc3c(NC(C4CCC4)C4CCC4)nc(Cl)nc32)[C@H](O)C1O. The summed E-state index contributed by atoms with van der Waals surface area (Å²) in [6.45, 7) is -0.394. The lowest BCUT2D eigenvalue weighted by atomic mass is 9.68. The maximum atomic E-state index is 10.4. The summed E-state index contributed by atoms with van der Waals surface area (Å²) in [5, 5.41) is 33.5. The number of rotatable bonds is 6. The van der Waals surface area contributed by atoms with Crippen molar-refractivity contribution in [3.8, 4) is 0 Å². The van der Waals surface area contributed by atoms with Gasteiger partial charge in [0.25, 0.3) is 0 Å². The molecular formula is C19H26ClN5O4. The van der Waals surface area contributed by atoms with E-state index >= 15 is 0 Å². The molecule has 4 N–H and O–H groups in total. The number of imidazole rings is 1. The number of halogens is 1. The summed E-state index contributed by atoms with van der Waals surface area (Å²) in [5.74, 6) is 1.88. The quantitative estimate of drug-likeness (QED) is 0.515. The van der Waals surface area contributed by atoms with Crippen LogP contribution in [0.2, 0.25) is 5.28 Å². The third-order valence-corrected chi connectivity index (χ3v) is 6.97. The Kier molecular flexibility index (Phi) is 5.11. The van der Waals surface area contributed by atoms with Crippen LogP contribution >= 0.6 is 11.6 Å². The zero-order valence-electron chi connectivity index (χ0n) is 16.0. The standard InChI is InChI=1S/C19H26ClN5O4/c20-19-23-16(22-12(9-3-1-4-9)10-5-2-6-10)13-17(24-19)25(8-21-13)18-15(28)14(27)11(7-26)29-18/h8-12,14-15,18,26-28H,1-7H2,(H,22,23,24)/t11-,14?,15-,18-/m1/s1. The predicted molar refractivity (Wildman–Crippen MR) is 105 cm³/mol. The minimum absolute atomic E-state index is 0.0782. The fourth-order valence-electron chi connectivity index (χ4n) is 4.66. The van der Waals surface area contributed by atoms with Crippen LogP contribution < -0.4 is 5.32 Å². The van der Waals surface area contributed by atoms with Crippen LogP contribution in [-0.2, 0) is 4.74 Å². The molecule has 3 heterocycles. The highest BCUT2D eigenvalue weighted by molar-refractivity contribution is 6.28. The summed E-state index contributed by atoms with van der Waals surface area (Å²) in [6, 6.07) is 0.353. The molecule has 2 aliphatic carbocycles. The summed E-state index contributed by atoms with van der Waals surface area (Å²) in [6.07, 6.45) is 4.77. The Balaban J connectivity index is 1.48. The van der Waals surface area contributed by atoms with E-state index in [1.165, 1.54) is 44.9 Å². The lowest BCUT2D eigenvalue weighted by Gasteiger charge is -2.43. The van der Waals surface area contributed by atoms with Gasteiger partial charge >= 0.3 is 0 Å². The number of nitrogens with zero attached hydrogens (tertiary/aromatic N) is 4. The zero-order chi connectivity index (χ0) is 20.1. The molecule has 0 amide bonds. The molecule has 1 aliphatic heterocycles. The number of hydrogen-bond acceptors (Lipinski definition) is 8. The van der Waals surface area contributed by atoms with Crippen LogP contribution in [0.25, 0.3) is 11.2 Å². The van der Waals surface area contributed by atoms with Gasteiger partial charge in [-0.25, -0.2) is 4.98 Å². The van der Waals surface area contributed by atoms with Gasteiger partial charge in [0.05, 0.1) is 12.9 Å². The minimum Gasteiger partial charge on any atom is -0.394 e. The first-order valence-electron chi connectivity index (χ1n) is 10.4. The molecule has 29 heavy (non-hydrogen) atoms. The normalized spacial score (nSPS) is 30.7. The van der Waals surface area contributed by atoms with Crippen molar-refractivity contribution in [3.05, 3.63) is 11.6 Å². The predicted octanol–water partition coefficient (Wildman–Crippen LogP) is 1.47. The molecule has 1 unspecified atom stereocenters. The number of hydrogen-bond donors (Lipinski definition) is 4. The van der Waals surface area contributed by atoms with E-state index in [0.717, 1.165) is 0 Å². The number of aliphatic hydroxyl groups excluding tert-OH is 3. The fourth-order valence-corrected chi connectivity index (χ4v) is 4.83. The van der Waals surface area contributed by atoms with Gasteiger partial charge in [-0.3, -0.25) is 4.57 Å². The number of anilines is 1. The van der Waals surface area contributed by atoms with Crippen LogP contribution in [0.5, 0.6) is 0 Å². The van der Waals surface area contributed by atoms with Crippen molar-refractivity contribution in [1.82, 2.24) is 19.5 Å². The molecule has 1 saturated heterocycles. The number of aliphatic hydroxyl groups is 3. The van der Waals surface area contributed by atoms with Crippen molar-refractivity contribution < 1.29 is 20.1 Å². The van der Waals surface area contributed by atoms with Crippen molar-refractivity contribution in [2.24, 2.45) is 11.8 Å². The van der Waals surface area contributed by atoms with Crippen molar-refractivity contribution in [2.75, 3.05) is 11.9 Å². The van der Waals surface area contributed by atoms with Gasteiger partial charge in [-0.1, -0.05) is 12.8 Å². The molecule has 0 spiro atoms. The van der Waals surface area contributed by atoms with E-state index in [4.69, 9.17) is 16.3 Å². The monoisotopic (exact) mass is 423 g/mol. The van der Waals surface area contributed by atoms with E-state index in [1.54, 1.807) is 4.57 Å². The Morgan fingerprint density at radius 2 is 1.83 bits per heavy atom. The number of nitrogens with one attached hydrogen (secondary N) is 1. The van der Waals surface area contributed by atoms with Gasteiger partial charge in [0.1, 0.15) is 18.3 Å². The van der Waals surface area contributed by atoms with Gasteiger partial charge in [0, 0.05) is 6.04 Å². The van der Waals surface area contributed by atoms with Crippen molar-refractivity contribution in [2.45, 2.75) is 69.1 Å². The van der Waals surface area contributed by atoms with E-state index in [2.05, 4.69) is 20.3 Å². The van der Waals surface area contributed by atoms with E-state index in [-0.39, 0.29) is 5.28 Å². The van der Waals surface area contributed by atoms with Gasteiger partial charge < -0.3 is 25.4 Å². The molecule has 3 fully saturated rings. The highest BCUT2D eigenvalue weighted by Gasteiger charge is 2.44. The largest absolute Gasteiger partial charge is 0.394 e. The van der Waals surface area contributed by atoms with Crippen LogP contribution in [0.3, 0.4) is 0 Å². The Morgan fingerprint density at radius 1 is 1.14 bits per heavy atom. The summed E-state index contributed by atoms with van der Waals surface area (Å²) in [7, 11) is 0. The van der Waals surface area contributed by atoms with Crippen molar-refractivity contribution >= 4 is 28.6 Å². The van der Waals surface area contributed by atoms with E-state index in [1.807, 2.05) is 0 Å². The molecule has 0 aromatic carbocycles. The molecule has 10 heteroatoms. The second-order valence-corrected chi connectivity index (χ2v) is 8.78. The van der Waals surface area contributed by atoms with Gasteiger partial charge in [0.2, 0.25) is 5.28 Å². The zero-order valence-corrected chi connectivity index (χ0v) is 16.7. The molecule has 2 saturated carbocycles. The second kappa shape index (κ2) is 7.63. The molecule has 3 aliphatic rings. The third-order valence-electron chi connectivity index (χ3n) is 6.80. The number of aromatic nitrogens is 4. The average molecular weight is 424 g/mol. The molecule has 0 radical (unpaired) electrons. The minimum atomic E-state index is -1.22. The Morgan fingerprint density at radius 3 is 2.38 bits per heavy atom. The molecule has 9 nitrogen and oxygen atoms in total. The summed E-state index contributed by atoms with van der Waals surface area (Å²) >= 11 is 6.22. The number of fused-ring (bicyclic) bond motifs is 1. The smallest absolute Gasteiger partial charge is 0.226 e. The Labute approximate surface area is 173 Å². The fraction of sp³-hybridized carbons (Fsp3) is 0.737. The summed E-state index contributed by atoms with van der Waals surface area (Å²) in [5.41, 5.74) is 0.971. The van der Waals surface area contributed by atoms with Crippen molar-refractivity contribution in [1.29, 1.82) is 0 Å². The van der Waals surface area contributed by atoms with Crippen LogP contribution in [0.4, 0.5) is 5.82 Å². The lowest BCUT2D eigenvalue weighted by molar-refractivity contribution is -0.0511. The molecule has 5 rings (SSSR count). The first-order valence-corrected chi connectivity index (χ1v) is 10.7. The first-order chi connectivity index (χ1) is 14.1. The van der Waals surface area contributed by atoms with E-state index in [9.17, 15) is 15.3 Å². The molecule has 0 bridgehead atoms. The molecule has 158 valence electrons. The third kappa shape index (κ3) is 3.29. The van der Waals surface area contributed by atoms with Crippen LogP contribution in [0.15, 0.2) is 6.33 Å². The maximum Gasteiger partial charge on any atom is 0.226 e. The number of ether oxygens (including phenoxy) is 1. The highest BCUT2D eigenvalue weighted by atomic mass is 35.5. The second-order valence-electron chi connectivity index (χ2n) is 8.45. The molecule has 4 atom stereocenters.